The van der Waals surface area contributed by atoms with E-state index in [1.807, 2.05) is 12.1 Å². The number of hydrogen-bond acceptors (Lipinski definition) is 5. The van der Waals surface area contributed by atoms with Crippen molar-refractivity contribution in [2.24, 2.45) is 5.41 Å². The van der Waals surface area contributed by atoms with Crippen LogP contribution in [0.4, 0.5) is 5.82 Å². The molecular formula is C10H14N6. The number of aromatic nitrogens is 5. The Morgan fingerprint density at radius 2 is 2.31 bits per heavy atom. The van der Waals surface area contributed by atoms with E-state index in [0.29, 0.717) is 11.1 Å². The van der Waals surface area contributed by atoms with Crippen LogP contribution in [-0.4, -0.2) is 31.8 Å². The van der Waals surface area contributed by atoms with E-state index < -0.39 is 0 Å². The average Bonchev–Trinajstić information content (AvgIpc) is 2.70. The first-order chi connectivity index (χ1) is 7.75. The lowest BCUT2D eigenvalue weighted by molar-refractivity contribution is 0.179. The van der Waals surface area contributed by atoms with Gasteiger partial charge in [-0.2, -0.15) is 0 Å². The minimum atomic E-state index is 0.442. The van der Waals surface area contributed by atoms with Crippen molar-refractivity contribution in [1.82, 2.24) is 25.3 Å². The molecule has 0 bridgehead atoms. The van der Waals surface area contributed by atoms with Crippen molar-refractivity contribution in [3.63, 3.8) is 0 Å². The Morgan fingerprint density at radius 3 is 3.06 bits per heavy atom. The summed E-state index contributed by atoms with van der Waals surface area (Å²) in [6, 6.07) is 3.77. The molecule has 6 heteroatoms. The van der Waals surface area contributed by atoms with Gasteiger partial charge in [0.05, 0.1) is 0 Å². The molecule has 1 aliphatic carbocycles. The molecule has 0 spiro atoms. The molecular weight excluding hydrogens is 204 g/mol. The van der Waals surface area contributed by atoms with Crippen molar-refractivity contribution in [2.45, 2.75) is 26.2 Å². The Kier molecular flexibility index (Phi) is 2.02. The van der Waals surface area contributed by atoms with Crippen LogP contribution < -0.4 is 5.32 Å². The standard InChI is InChI=1S/C10H14N6/c1-10(5-2-6-10)7-11-8-3-4-9-12-14-15-16(9)13-8/h3-4H,2,5-7H2,1H3,(H,11,13). The van der Waals surface area contributed by atoms with Gasteiger partial charge in [0.1, 0.15) is 5.82 Å². The zero-order valence-corrected chi connectivity index (χ0v) is 9.22. The van der Waals surface area contributed by atoms with Crippen LogP contribution in [0.25, 0.3) is 5.65 Å². The van der Waals surface area contributed by atoms with E-state index in [-0.39, 0.29) is 0 Å². The van der Waals surface area contributed by atoms with Gasteiger partial charge in [0.25, 0.3) is 0 Å². The topological polar surface area (TPSA) is 68.0 Å². The third-order valence-corrected chi connectivity index (χ3v) is 3.33. The number of nitrogens with zero attached hydrogens (tertiary/aromatic N) is 5. The number of hydrogen-bond donors (Lipinski definition) is 1. The van der Waals surface area contributed by atoms with Crippen molar-refractivity contribution in [2.75, 3.05) is 11.9 Å². The first-order valence-electron chi connectivity index (χ1n) is 5.55. The highest BCUT2D eigenvalue weighted by Gasteiger charge is 2.31. The van der Waals surface area contributed by atoms with Gasteiger partial charge >= 0.3 is 0 Å². The molecule has 0 radical (unpaired) electrons. The molecule has 3 rings (SSSR count). The number of rotatable bonds is 3. The summed E-state index contributed by atoms with van der Waals surface area (Å²) in [6.45, 7) is 3.27. The Hall–Kier alpha value is -1.72. The number of nitrogens with one attached hydrogen (secondary N) is 1. The van der Waals surface area contributed by atoms with Gasteiger partial charge in [-0.3, -0.25) is 0 Å². The molecule has 1 aliphatic rings. The maximum Gasteiger partial charge on any atom is 0.200 e. The van der Waals surface area contributed by atoms with Crippen LogP contribution in [0.15, 0.2) is 12.1 Å². The van der Waals surface area contributed by atoms with Crippen molar-refractivity contribution in [3.05, 3.63) is 12.1 Å². The largest absolute Gasteiger partial charge is 0.368 e. The molecule has 2 aromatic heterocycles. The smallest absolute Gasteiger partial charge is 0.200 e. The predicted octanol–water partition coefficient (Wildman–Crippen LogP) is 1.12. The fourth-order valence-corrected chi connectivity index (χ4v) is 2.00. The van der Waals surface area contributed by atoms with Crippen LogP contribution >= 0.6 is 0 Å². The minimum Gasteiger partial charge on any atom is -0.368 e. The fourth-order valence-electron chi connectivity index (χ4n) is 2.00. The first-order valence-corrected chi connectivity index (χ1v) is 5.55. The minimum absolute atomic E-state index is 0.442. The van der Waals surface area contributed by atoms with Crippen LogP contribution in [0.5, 0.6) is 0 Å². The molecule has 0 saturated heterocycles. The van der Waals surface area contributed by atoms with E-state index in [1.165, 1.54) is 23.9 Å². The number of tetrazole rings is 1. The van der Waals surface area contributed by atoms with Crippen molar-refractivity contribution >= 4 is 11.5 Å². The molecule has 2 aromatic rings. The second-order valence-electron chi connectivity index (χ2n) is 4.76. The molecule has 6 nitrogen and oxygen atoms in total. The van der Waals surface area contributed by atoms with E-state index in [4.69, 9.17) is 0 Å². The molecule has 0 atom stereocenters. The Bertz CT molecular complexity index is 501. The van der Waals surface area contributed by atoms with E-state index >= 15 is 0 Å². The summed E-state index contributed by atoms with van der Waals surface area (Å²) in [5.41, 5.74) is 1.11. The van der Waals surface area contributed by atoms with Crippen molar-refractivity contribution in [1.29, 1.82) is 0 Å². The van der Waals surface area contributed by atoms with Crippen LogP contribution in [0.3, 0.4) is 0 Å². The monoisotopic (exact) mass is 218 g/mol. The maximum absolute atomic E-state index is 4.27. The highest BCUT2D eigenvalue weighted by Crippen LogP contribution is 2.39. The molecule has 1 saturated carbocycles. The SMILES string of the molecule is CC1(CNc2ccc3nnnn3n2)CCC1. The highest BCUT2D eigenvalue weighted by atomic mass is 15.6. The molecule has 16 heavy (non-hydrogen) atoms. The van der Waals surface area contributed by atoms with Gasteiger partial charge in [-0.15, -0.1) is 14.8 Å². The molecule has 0 unspecified atom stereocenters. The van der Waals surface area contributed by atoms with Gasteiger partial charge < -0.3 is 5.32 Å². The molecule has 0 aromatic carbocycles. The Morgan fingerprint density at radius 1 is 1.44 bits per heavy atom. The van der Waals surface area contributed by atoms with Crippen LogP contribution in [0.1, 0.15) is 26.2 Å². The molecule has 0 amide bonds. The number of anilines is 1. The summed E-state index contributed by atoms with van der Waals surface area (Å²) in [5.74, 6) is 0.827. The summed E-state index contributed by atoms with van der Waals surface area (Å²) in [5, 5.41) is 18.7. The lowest BCUT2D eigenvalue weighted by Crippen LogP contribution is -2.33. The summed E-state index contributed by atoms with van der Waals surface area (Å²) in [6.07, 6.45) is 3.94. The van der Waals surface area contributed by atoms with E-state index in [2.05, 4.69) is 32.9 Å². The van der Waals surface area contributed by atoms with Gasteiger partial charge in [-0.1, -0.05) is 13.3 Å². The maximum atomic E-state index is 4.27. The fraction of sp³-hybridized carbons (Fsp3) is 0.600. The van der Waals surface area contributed by atoms with Crippen molar-refractivity contribution < 1.29 is 0 Å². The Balaban J connectivity index is 1.73. The zero-order valence-electron chi connectivity index (χ0n) is 9.22. The van der Waals surface area contributed by atoms with Gasteiger partial charge in [-0.25, -0.2) is 0 Å². The molecule has 1 fully saturated rings. The molecule has 2 heterocycles. The molecule has 1 N–H and O–H groups in total. The third kappa shape index (κ3) is 1.60. The van der Waals surface area contributed by atoms with Gasteiger partial charge in [-0.05, 0) is 40.8 Å². The van der Waals surface area contributed by atoms with E-state index in [1.54, 1.807) is 0 Å². The zero-order chi connectivity index (χ0) is 11.0. The van der Waals surface area contributed by atoms with Gasteiger partial charge in [0.15, 0.2) is 5.65 Å². The Labute approximate surface area is 93.0 Å². The lowest BCUT2D eigenvalue weighted by atomic mass is 9.70. The molecule has 0 aliphatic heterocycles. The second-order valence-corrected chi connectivity index (χ2v) is 4.76. The average molecular weight is 218 g/mol. The third-order valence-electron chi connectivity index (χ3n) is 3.33. The summed E-state index contributed by atoms with van der Waals surface area (Å²) in [4.78, 5) is 0. The van der Waals surface area contributed by atoms with Crippen LogP contribution in [0, 0.1) is 5.41 Å². The van der Waals surface area contributed by atoms with Gasteiger partial charge in [0.2, 0.25) is 0 Å². The van der Waals surface area contributed by atoms with E-state index in [9.17, 15) is 0 Å². The van der Waals surface area contributed by atoms with Gasteiger partial charge in [0, 0.05) is 6.54 Å². The summed E-state index contributed by atoms with van der Waals surface area (Å²) < 4.78 is 1.44. The second kappa shape index (κ2) is 3.40. The van der Waals surface area contributed by atoms with Crippen molar-refractivity contribution in [3.8, 4) is 0 Å². The number of fused-ring (bicyclic) bond motifs is 1. The molecule has 84 valence electrons. The summed E-state index contributed by atoms with van der Waals surface area (Å²) >= 11 is 0. The lowest BCUT2D eigenvalue weighted by Gasteiger charge is -2.38. The van der Waals surface area contributed by atoms with E-state index in [0.717, 1.165) is 12.4 Å². The first kappa shape index (κ1) is 9.50. The van der Waals surface area contributed by atoms with Crippen LogP contribution in [0.2, 0.25) is 0 Å². The van der Waals surface area contributed by atoms with Crippen LogP contribution in [-0.2, 0) is 0 Å². The predicted molar refractivity (Wildman–Crippen MR) is 59.0 cm³/mol. The summed E-state index contributed by atoms with van der Waals surface area (Å²) in [7, 11) is 0. The normalized spacial score (nSPS) is 18.3. The highest BCUT2D eigenvalue weighted by molar-refractivity contribution is 5.42. The quantitative estimate of drug-likeness (QED) is 0.836.